The molecule has 0 aromatic rings. The van der Waals surface area contributed by atoms with Gasteiger partial charge >= 0.3 is 0 Å². The zero-order chi connectivity index (χ0) is 24.7. The highest BCUT2D eigenvalue weighted by molar-refractivity contribution is 5.87. The highest BCUT2D eigenvalue weighted by Gasteiger charge is 2.19. The van der Waals surface area contributed by atoms with E-state index in [1.165, 1.54) is 0 Å². The lowest BCUT2D eigenvalue weighted by molar-refractivity contribution is -0.128. The largest absolute Gasteiger partial charge is 0.379 e. The summed E-state index contributed by atoms with van der Waals surface area (Å²) in [4.78, 5) is 47.9. The van der Waals surface area contributed by atoms with Gasteiger partial charge in [0.2, 0.25) is 17.7 Å². The van der Waals surface area contributed by atoms with Gasteiger partial charge in [-0.25, -0.2) is 0 Å². The Labute approximate surface area is 197 Å². The van der Waals surface area contributed by atoms with Crippen LogP contribution in [0.15, 0.2) is 0 Å². The Bertz CT molecular complexity index is 549. The third-order valence-electron chi connectivity index (χ3n) is 4.82. The van der Waals surface area contributed by atoms with Gasteiger partial charge in [0.1, 0.15) is 12.3 Å². The normalized spacial score (nSPS) is 11.8. The number of aldehydes is 1. The van der Waals surface area contributed by atoms with Crippen LogP contribution < -0.4 is 21.7 Å². The smallest absolute Gasteiger partial charge is 0.240 e. The number of carbonyl (C=O) groups is 4. The maximum atomic E-state index is 12.3. The van der Waals surface area contributed by atoms with Crippen LogP contribution in [0.3, 0.4) is 0 Å². The molecule has 33 heavy (non-hydrogen) atoms. The molecule has 0 aromatic carbocycles. The number of ether oxygens (including phenoxy) is 2. The molecule has 0 saturated heterocycles. The molecule has 0 aliphatic heterocycles. The molecule has 192 valence electrons. The number of nitrogens with zero attached hydrogens (tertiary/aromatic N) is 1. The fourth-order valence-corrected chi connectivity index (χ4v) is 2.90. The van der Waals surface area contributed by atoms with Crippen LogP contribution in [0.25, 0.3) is 0 Å². The molecule has 11 nitrogen and oxygen atoms in total. The van der Waals surface area contributed by atoms with Gasteiger partial charge in [-0.05, 0) is 32.4 Å². The van der Waals surface area contributed by atoms with E-state index in [1.54, 1.807) is 0 Å². The molecule has 3 amide bonds. The molecule has 0 spiro atoms. The van der Waals surface area contributed by atoms with Crippen LogP contribution in [0.5, 0.6) is 0 Å². The third-order valence-corrected chi connectivity index (χ3v) is 4.82. The number of carbonyl (C=O) groups excluding carboxylic acids is 4. The number of nitrogens with two attached hydrogens (primary N) is 1. The van der Waals surface area contributed by atoms with Gasteiger partial charge < -0.3 is 36.0 Å². The Morgan fingerprint density at radius 1 is 1.00 bits per heavy atom. The summed E-state index contributed by atoms with van der Waals surface area (Å²) in [5.41, 5.74) is 5.44. The number of rotatable bonds is 23. The van der Waals surface area contributed by atoms with E-state index >= 15 is 0 Å². The Hall–Kier alpha value is -2.08. The van der Waals surface area contributed by atoms with Crippen molar-refractivity contribution in [1.82, 2.24) is 20.9 Å². The van der Waals surface area contributed by atoms with E-state index < -0.39 is 11.9 Å². The van der Waals surface area contributed by atoms with Crippen LogP contribution in [0.2, 0.25) is 0 Å². The molecule has 0 aliphatic carbocycles. The Balaban J connectivity index is 3.92. The zero-order valence-electron chi connectivity index (χ0n) is 20.2. The summed E-state index contributed by atoms with van der Waals surface area (Å²) in [6.45, 7) is 9.29. The Morgan fingerprint density at radius 2 is 1.73 bits per heavy atom. The SMILES string of the molecule is CCNCCN(CC)CC(=O)NC(CCCCNC(=O)CCOCCOCCC=O)C(N)=O. The van der Waals surface area contributed by atoms with E-state index in [0.717, 1.165) is 32.5 Å². The summed E-state index contributed by atoms with van der Waals surface area (Å²) < 4.78 is 10.5. The molecule has 0 bridgehead atoms. The quantitative estimate of drug-likeness (QED) is 0.111. The molecule has 1 atom stereocenters. The first-order valence-corrected chi connectivity index (χ1v) is 11.8. The van der Waals surface area contributed by atoms with Crippen molar-refractivity contribution in [2.45, 2.75) is 52.0 Å². The number of hydrogen-bond acceptors (Lipinski definition) is 8. The van der Waals surface area contributed by atoms with E-state index in [9.17, 15) is 19.2 Å². The number of primary amides is 1. The second kappa shape index (κ2) is 21.7. The summed E-state index contributed by atoms with van der Waals surface area (Å²) in [6, 6.07) is -0.720. The van der Waals surface area contributed by atoms with Gasteiger partial charge in [0.05, 0.1) is 33.0 Å². The molecule has 0 aromatic heterocycles. The van der Waals surface area contributed by atoms with Crippen LogP contribution in [0, 0.1) is 0 Å². The average Bonchev–Trinajstić information content (AvgIpc) is 2.79. The minimum Gasteiger partial charge on any atom is -0.379 e. The van der Waals surface area contributed by atoms with Crippen LogP contribution in [-0.4, -0.2) is 101 Å². The Kier molecular flexibility index (Phi) is 20.4. The maximum Gasteiger partial charge on any atom is 0.240 e. The standard InChI is InChI=1S/C22H43N5O6/c1-3-24-11-12-27(4-2)18-21(30)26-19(22(23)31)8-5-6-10-25-20(29)9-15-33-17-16-32-14-7-13-28/h13,19,24H,3-12,14-18H2,1-2H3,(H2,23,31)(H,25,29)(H,26,30). The van der Waals surface area contributed by atoms with Crippen molar-refractivity contribution >= 4 is 24.0 Å². The molecule has 0 aliphatic rings. The van der Waals surface area contributed by atoms with Crippen LogP contribution in [-0.2, 0) is 28.7 Å². The molecular formula is C22H43N5O6. The van der Waals surface area contributed by atoms with E-state index in [4.69, 9.17) is 15.2 Å². The molecule has 0 radical (unpaired) electrons. The van der Waals surface area contributed by atoms with Gasteiger partial charge in [-0.1, -0.05) is 13.8 Å². The van der Waals surface area contributed by atoms with Gasteiger partial charge in [0.25, 0.3) is 0 Å². The van der Waals surface area contributed by atoms with Gasteiger partial charge in [-0.15, -0.1) is 0 Å². The number of unbranched alkanes of at least 4 members (excludes halogenated alkanes) is 1. The average molecular weight is 474 g/mol. The van der Waals surface area contributed by atoms with E-state index in [2.05, 4.69) is 16.0 Å². The predicted octanol–water partition coefficient (Wildman–Crippen LogP) is -0.813. The lowest BCUT2D eigenvalue weighted by atomic mass is 10.1. The zero-order valence-corrected chi connectivity index (χ0v) is 20.2. The summed E-state index contributed by atoms with van der Waals surface area (Å²) in [7, 11) is 0. The van der Waals surface area contributed by atoms with Crippen molar-refractivity contribution in [3.05, 3.63) is 0 Å². The molecular weight excluding hydrogens is 430 g/mol. The van der Waals surface area contributed by atoms with Crippen molar-refractivity contribution < 1.29 is 28.7 Å². The van der Waals surface area contributed by atoms with Crippen molar-refractivity contribution in [2.75, 3.05) is 65.7 Å². The van der Waals surface area contributed by atoms with Crippen LogP contribution >= 0.6 is 0 Å². The fourth-order valence-electron chi connectivity index (χ4n) is 2.90. The Morgan fingerprint density at radius 3 is 2.36 bits per heavy atom. The second-order valence-corrected chi connectivity index (χ2v) is 7.52. The van der Waals surface area contributed by atoms with Crippen molar-refractivity contribution in [1.29, 1.82) is 0 Å². The van der Waals surface area contributed by atoms with E-state index in [0.29, 0.717) is 58.7 Å². The van der Waals surface area contributed by atoms with Gasteiger partial charge in [0.15, 0.2) is 0 Å². The van der Waals surface area contributed by atoms with E-state index in [1.807, 2.05) is 18.7 Å². The summed E-state index contributed by atoms with van der Waals surface area (Å²) in [6.07, 6.45) is 3.14. The van der Waals surface area contributed by atoms with Crippen molar-refractivity contribution in [3.63, 3.8) is 0 Å². The van der Waals surface area contributed by atoms with Gasteiger partial charge in [-0.3, -0.25) is 19.3 Å². The van der Waals surface area contributed by atoms with E-state index in [-0.39, 0.29) is 24.8 Å². The molecule has 0 heterocycles. The number of likely N-dealkylation sites (N-methyl/N-ethyl adjacent to an activating group) is 2. The molecule has 0 saturated carbocycles. The number of amides is 3. The topological polar surface area (TPSA) is 152 Å². The predicted molar refractivity (Wildman–Crippen MR) is 126 cm³/mol. The first-order chi connectivity index (χ1) is 15.9. The minimum absolute atomic E-state index is 0.117. The monoisotopic (exact) mass is 473 g/mol. The van der Waals surface area contributed by atoms with Crippen molar-refractivity contribution in [3.8, 4) is 0 Å². The highest BCUT2D eigenvalue weighted by atomic mass is 16.5. The fraction of sp³-hybridized carbons (Fsp3) is 0.818. The van der Waals surface area contributed by atoms with Crippen LogP contribution in [0.4, 0.5) is 0 Å². The summed E-state index contributed by atoms with van der Waals surface area (Å²) >= 11 is 0. The molecule has 0 rings (SSSR count). The number of nitrogens with one attached hydrogen (secondary N) is 3. The lowest BCUT2D eigenvalue weighted by Gasteiger charge is -2.22. The van der Waals surface area contributed by atoms with Gasteiger partial charge in [0, 0.05) is 32.5 Å². The first-order valence-electron chi connectivity index (χ1n) is 11.8. The molecule has 1 unspecified atom stereocenters. The van der Waals surface area contributed by atoms with Crippen molar-refractivity contribution in [2.24, 2.45) is 5.73 Å². The first kappa shape index (κ1) is 30.9. The molecule has 11 heteroatoms. The van der Waals surface area contributed by atoms with Crippen LogP contribution in [0.1, 0.15) is 46.0 Å². The maximum absolute atomic E-state index is 12.3. The minimum atomic E-state index is -0.720. The lowest BCUT2D eigenvalue weighted by Crippen LogP contribution is -2.48. The number of hydrogen-bond donors (Lipinski definition) is 4. The second-order valence-electron chi connectivity index (χ2n) is 7.52. The molecule has 0 fully saturated rings. The molecule has 5 N–H and O–H groups in total. The van der Waals surface area contributed by atoms with Gasteiger partial charge in [-0.2, -0.15) is 0 Å². The summed E-state index contributed by atoms with van der Waals surface area (Å²) in [5, 5.41) is 8.74. The highest BCUT2D eigenvalue weighted by Crippen LogP contribution is 2.01. The summed E-state index contributed by atoms with van der Waals surface area (Å²) in [5.74, 6) is -0.899. The third kappa shape index (κ3) is 19.1.